The van der Waals surface area contributed by atoms with Crippen LogP contribution in [-0.2, 0) is 0 Å². The van der Waals surface area contributed by atoms with Crippen LogP contribution in [0.1, 0.15) is 92.9 Å². The highest BCUT2D eigenvalue weighted by atomic mass is 14.6. The van der Waals surface area contributed by atoms with E-state index in [1.165, 1.54) is 51.4 Å². The lowest BCUT2D eigenvalue weighted by Gasteiger charge is -2.58. The van der Waals surface area contributed by atoms with Crippen molar-refractivity contribution in [3.05, 3.63) is 24.3 Å². The molecule has 0 N–H and O–H groups in total. The van der Waals surface area contributed by atoms with Gasteiger partial charge in [0.25, 0.3) is 0 Å². The zero-order valence-electron chi connectivity index (χ0n) is 19.6. The highest BCUT2D eigenvalue weighted by Crippen LogP contribution is 2.66. The molecule has 4 rings (SSSR count). The molecule has 0 amide bonds. The van der Waals surface area contributed by atoms with E-state index in [1.54, 1.807) is 0 Å². The number of fused-ring (bicyclic) bond motifs is 5. The Labute approximate surface area is 175 Å². The standard InChI is InChI=1S/C28H46/c1-19(2)20(3)10-11-21(4)24-14-15-25-23-13-12-22-9-7-8-17-27(22,5)26(23)16-18-28(24,25)6/h10-13,19-26H,7-9,14-18H2,1-6H3/t20-,21+,22?,23-,24+,25-,26-,27-,28+/m0/s1. The van der Waals surface area contributed by atoms with Crippen molar-refractivity contribution in [3.63, 3.8) is 0 Å². The number of hydrogen-bond acceptors (Lipinski definition) is 0. The SMILES string of the molecule is CC(C)[C@@H](C)C=C[C@@H](C)[C@H]1CC[C@H]2[C@@H]3C=CC4CCCC[C@]4(C)[C@H]3CC[C@]12C. The van der Waals surface area contributed by atoms with Gasteiger partial charge in [0, 0.05) is 0 Å². The van der Waals surface area contributed by atoms with Gasteiger partial charge in [-0.2, -0.15) is 0 Å². The van der Waals surface area contributed by atoms with Crippen LogP contribution in [0.5, 0.6) is 0 Å². The highest BCUT2D eigenvalue weighted by molar-refractivity contribution is 5.18. The molecule has 0 nitrogen and oxygen atoms in total. The molecule has 3 fully saturated rings. The summed E-state index contributed by atoms with van der Waals surface area (Å²) in [5.41, 5.74) is 1.17. The van der Waals surface area contributed by atoms with Gasteiger partial charge in [-0.25, -0.2) is 0 Å². The highest BCUT2D eigenvalue weighted by Gasteiger charge is 2.58. The van der Waals surface area contributed by atoms with E-state index in [0.717, 1.165) is 41.4 Å². The molecule has 28 heavy (non-hydrogen) atoms. The van der Waals surface area contributed by atoms with Crippen LogP contribution in [0.3, 0.4) is 0 Å². The number of allylic oxidation sites excluding steroid dienone is 4. The molecule has 0 aliphatic heterocycles. The van der Waals surface area contributed by atoms with Crippen LogP contribution in [0.2, 0.25) is 0 Å². The van der Waals surface area contributed by atoms with Gasteiger partial charge in [0.2, 0.25) is 0 Å². The van der Waals surface area contributed by atoms with Crippen molar-refractivity contribution in [1.82, 2.24) is 0 Å². The van der Waals surface area contributed by atoms with Gasteiger partial charge in [0.05, 0.1) is 0 Å². The monoisotopic (exact) mass is 382 g/mol. The van der Waals surface area contributed by atoms with Gasteiger partial charge in [0.15, 0.2) is 0 Å². The third-order valence-electron chi connectivity index (χ3n) is 10.6. The van der Waals surface area contributed by atoms with E-state index in [4.69, 9.17) is 0 Å². The Bertz CT molecular complexity index is 612. The lowest BCUT2D eigenvalue weighted by molar-refractivity contribution is -0.0618. The van der Waals surface area contributed by atoms with E-state index in [1.807, 2.05) is 0 Å². The molecule has 0 bridgehead atoms. The summed E-state index contributed by atoms with van der Waals surface area (Å²) in [5, 5.41) is 0. The molecule has 3 saturated carbocycles. The van der Waals surface area contributed by atoms with Gasteiger partial charge in [0.1, 0.15) is 0 Å². The van der Waals surface area contributed by atoms with Crippen molar-refractivity contribution < 1.29 is 0 Å². The summed E-state index contributed by atoms with van der Waals surface area (Å²) in [6.45, 7) is 15.0. The van der Waals surface area contributed by atoms with Crippen molar-refractivity contribution in [2.24, 2.45) is 58.2 Å². The first kappa shape index (κ1) is 20.7. The van der Waals surface area contributed by atoms with E-state index in [2.05, 4.69) is 65.8 Å². The van der Waals surface area contributed by atoms with Crippen LogP contribution in [0.25, 0.3) is 0 Å². The third kappa shape index (κ3) is 3.26. The Morgan fingerprint density at radius 2 is 1.54 bits per heavy atom. The molecule has 0 aromatic heterocycles. The van der Waals surface area contributed by atoms with E-state index in [0.29, 0.717) is 16.7 Å². The molecule has 1 unspecified atom stereocenters. The normalized spacial score (nSPS) is 47.6. The maximum absolute atomic E-state index is 2.73. The summed E-state index contributed by atoms with van der Waals surface area (Å²) in [6.07, 6.45) is 22.3. The first-order chi connectivity index (χ1) is 13.3. The van der Waals surface area contributed by atoms with E-state index < -0.39 is 0 Å². The largest absolute Gasteiger partial charge is 0.0852 e. The molecule has 0 radical (unpaired) electrons. The smallest absolute Gasteiger partial charge is 0.0166 e. The minimum absolute atomic E-state index is 0.564. The molecule has 158 valence electrons. The second-order valence-corrected chi connectivity index (χ2v) is 12.1. The predicted molar refractivity (Wildman–Crippen MR) is 122 cm³/mol. The van der Waals surface area contributed by atoms with E-state index in [-0.39, 0.29) is 0 Å². The Balaban J connectivity index is 1.53. The second-order valence-electron chi connectivity index (χ2n) is 12.1. The zero-order valence-corrected chi connectivity index (χ0v) is 19.6. The van der Waals surface area contributed by atoms with Crippen molar-refractivity contribution in [1.29, 1.82) is 0 Å². The van der Waals surface area contributed by atoms with Crippen LogP contribution in [0.15, 0.2) is 24.3 Å². The average Bonchev–Trinajstić information content (AvgIpc) is 3.02. The minimum atomic E-state index is 0.564. The zero-order chi connectivity index (χ0) is 20.1. The van der Waals surface area contributed by atoms with Gasteiger partial charge < -0.3 is 0 Å². The molecule has 0 aromatic carbocycles. The molecular weight excluding hydrogens is 336 g/mol. The van der Waals surface area contributed by atoms with Gasteiger partial charge >= 0.3 is 0 Å². The van der Waals surface area contributed by atoms with Gasteiger partial charge in [-0.05, 0) is 96.7 Å². The topological polar surface area (TPSA) is 0 Å². The van der Waals surface area contributed by atoms with Crippen LogP contribution >= 0.6 is 0 Å². The van der Waals surface area contributed by atoms with E-state index in [9.17, 15) is 0 Å². The molecule has 0 heteroatoms. The maximum atomic E-state index is 2.73. The predicted octanol–water partition coefficient (Wildman–Crippen LogP) is 8.30. The lowest BCUT2D eigenvalue weighted by atomic mass is 9.46. The summed E-state index contributed by atoms with van der Waals surface area (Å²) in [7, 11) is 0. The Morgan fingerprint density at radius 3 is 2.29 bits per heavy atom. The summed E-state index contributed by atoms with van der Waals surface area (Å²) in [6, 6.07) is 0. The molecule has 9 atom stereocenters. The van der Waals surface area contributed by atoms with Crippen molar-refractivity contribution in [3.8, 4) is 0 Å². The molecule has 0 spiro atoms. The molecule has 4 aliphatic carbocycles. The molecule has 0 heterocycles. The molecule has 0 saturated heterocycles. The average molecular weight is 383 g/mol. The molecule has 0 aromatic rings. The lowest BCUT2D eigenvalue weighted by Crippen LogP contribution is -2.51. The summed E-state index contributed by atoms with van der Waals surface area (Å²) >= 11 is 0. The van der Waals surface area contributed by atoms with Crippen molar-refractivity contribution in [2.75, 3.05) is 0 Å². The minimum Gasteiger partial charge on any atom is -0.0852 e. The van der Waals surface area contributed by atoms with Crippen LogP contribution < -0.4 is 0 Å². The van der Waals surface area contributed by atoms with Crippen LogP contribution in [0.4, 0.5) is 0 Å². The van der Waals surface area contributed by atoms with Gasteiger partial charge in [-0.3, -0.25) is 0 Å². The van der Waals surface area contributed by atoms with Crippen LogP contribution in [0, 0.1) is 58.2 Å². The quantitative estimate of drug-likeness (QED) is 0.429. The fourth-order valence-corrected chi connectivity index (χ4v) is 8.27. The number of rotatable bonds is 4. The summed E-state index contributed by atoms with van der Waals surface area (Å²) in [4.78, 5) is 0. The number of hydrogen-bond donors (Lipinski definition) is 0. The third-order valence-corrected chi connectivity index (χ3v) is 10.6. The maximum Gasteiger partial charge on any atom is -0.0166 e. The summed E-state index contributed by atoms with van der Waals surface area (Å²) < 4.78 is 0. The molecular formula is C28H46. The first-order valence-corrected chi connectivity index (χ1v) is 12.6. The van der Waals surface area contributed by atoms with Crippen molar-refractivity contribution >= 4 is 0 Å². The second kappa shape index (κ2) is 7.63. The molecule has 4 aliphatic rings. The van der Waals surface area contributed by atoms with Crippen molar-refractivity contribution in [2.45, 2.75) is 92.9 Å². The van der Waals surface area contributed by atoms with Gasteiger partial charge in [-0.15, -0.1) is 0 Å². The fraction of sp³-hybridized carbons (Fsp3) is 0.857. The van der Waals surface area contributed by atoms with Gasteiger partial charge in [-0.1, -0.05) is 78.7 Å². The Kier molecular flexibility index (Phi) is 5.65. The first-order valence-electron chi connectivity index (χ1n) is 12.6. The van der Waals surface area contributed by atoms with Crippen LogP contribution in [-0.4, -0.2) is 0 Å². The summed E-state index contributed by atoms with van der Waals surface area (Å²) in [5.74, 6) is 6.72. The Hall–Kier alpha value is -0.520. The Morgan fingerprint density at radius 1 is 0.786 bits per heavy atom. The fourth-order valence-electron chi connectivity index (χ4n) is 8.27. The van der Waals surface area contributed by atoms with E-state index >= 15 is 0 Å².